The van der Waals surface area contributed by atoms with Gasteiger partial charge in [0.2, 0.25) is 0 Å². The second-order valence-corrected chi connectivity index (χ2v) is 7.01. The molecule has 27 heavy (non-hydrogen) atoms. The Bertz CT molecular complexity index is 1040. The van der Waals surface area contributed by atoms with Gasteiger partial charge in [0.05, 0.1) is 18.8 Å². The van der Waals surface area contributed by atoms with Gasteiger partial charge in [-0.25, -0.2) is 0 Å². The van der Waals surface area contributed by atoms with Gasteiger partial charge < -0.3 is 9.64 Å². The van der Waals surface area contributed by atoms with E-state index in [0.29, 0.717) is 6.54 Å². The third-order valence-electron chi connectivity index (χ3n) is 5.54. The highest BCUT2D eigenvalue weighted by molar-refractivity contribution is 6.15. The highest BCUT2D eigenvalue weighted by atomic mass is 16.5. The van der Waals surface area contributed by atoms with Crippen LogP contribution >= 0.6 is 0 Å². The quantitative estimate of drug-likeness (QED) is 0.676. The number of nitrogens with one attached hydrogen (secondary N) is 1. The van der Waals surface area contributed by atoms with Crippen molar-refractivity contribution in [3.05, 3.63) is 77.0 Å². The van der Waals surface area contributed by atoms with Crippen molar-refractivity contribution in [3.63, 3.8) is 0 Å². The molecule has 2 aliphatic heterocycles. The van der Waals surface area contributed by atoms with E-state index in [1.165, 1.54) is 0 Å². The highest BCUT2D eigenvalue weighted by Gasteiger charge is 2.69. The lowest BCUT2D eigenvalue weighted by atomic mass is 9.84. The molecular weight excluding hydrogens is 340 g/mol. The average Bonchev–Trinajstić information content (AvgIpc) is 3.33. The average molecular weight is 358 g/mol. The maximum Gasteiger partial charge on any atom is 0.250 e. The van der Waals surface area contributed by atoms with Crippen LogP contribution in [0.15, 0.2) is 60.3 Å². The summed E-state index contributed by atoms with van der Waals surface area (Å²) in [5.41, 5.74) is 2.52. The minimum absolute atomic E-state index is 0.00113. The largest absolute Gasteiger partial charge is 0.497 e. The lowest BCUT2D eigenvalue weighted by Gasteiger charge is -2.27. The van der Waals surface area contributed by atoms with Crippen LogP contribution in [0.3, 0.4) is 0 Å². The van der Waals surface area contributed by atoms with Gasteiger partial charge in [0, 0.05) is 18.2 Å². The molecule has 2 unspecified atom stereocenters. The second kappa shape index (κ2) is 5.66. The fraction of sp³-hybridized carbons (Fsp3) is 0.182. The van der Waals surface area contributed by atoms with Crippen LogP contribution in [-0.2, 0) is 4.79 Å². The van der Waals surface area contributed by atoms with Gasteiger partial charge >= 0.3 is 0 Å². The fourth-order valence-electron chi connectivity index (χ4n) is 4.09. The molecule has 0 bridgehead atoms. The maximum atomic E-state index is 13.0. The zero-order valence-electron chi connectivity index (χ0n) is 14.8. The van der Waals surface area contributed by atoms with Crippen LogP contribution in [0.25, 0.3) is 12.2 Å². The number of fused-ring (bicyclic) bond motifs is 1. The molecule has 1 amide bonds. The van der Waals surface area contributed by atoms with Gasteiger partial charge in [-0.15, -0.1) is 0 Å². The third kappa shape index (κ3) is 2.28. The Morgan fingerprint density at radius 1 is 1.26 bits per heavy atom. The number of nitrogens with zero attached hydrogens (tertiary/aromatic N) is 1. The molecule has 2 aromatic rings. The molecule has 1 spiro atoms. The van der Waals surface area contributed by atoms with E-state index in [0.717, 1.165) is 28.1 Å². The van der Waals surface area contributed by atoms with Crippen LogP contribution in [0.2, 0.25) is 0 Å². The lowest BCUT2D eigenvalue weighted by Crippen LogP contribution is -2.39. The van der Waals surface area contributed by atoms with Crippen molar-refractivity contribution in [1.29, 1.82) is 0 Å². The van der Waals surface area contributed by atoms with Gasteiger partial charge in [-0.2, -0.15) is 0 Å². The number of likely N-dealkylation sites (tertiary alicyclic amines) is 1. The second-order valence-electron chi connectivity index (χ2n) is 7.01. The number of benzene rings is 2. The number of hydrogen-bond acceptors (Lipinski definition) is 4. The zero-order chi connectivity index (χ0) is 18.6. The number of piperazine rings is 1. The topological polar surface area (TPSA) is 68.6 Å². The van der Waals surface area contributed by atoms with Crippen LogP contribution in [-0.4, -0.2) is 41.8 Å². The molecule has 0 radical (unpaired) electrons. The van der Waals surface area contributed by atoms with E-state index in [1.807, 2.05) is 54.6 Å². The summed E-state index contributed by atoms with van der Waals surface area (Å²) in [6.45, 7) is 0.507. The number of ketones is 1. The molecule has 2 fully saturated rings. The first kappa shape index (κ1) is 16.0. The van der Waals surface area contributed by atoms with E-state index in [9.17, 15) is 9.59 Å². The summed E-state index contributed by atoms with van der Waals surface area (Å²) in [5.74, 6) is 0.685. The first-order valence-corrected chi connectivity index (χ1v) is 8.91. The van der Waals surface area contributed by atoms with E-state index in [4.69, 9.17) is 4.74 Å². The first-order chi connectivity index (χ1) is 13.1. The number of carbonyl (C=O) groups excluding carboxylic acids is 2. The van der Waals surface area contributed by atoms with Crippen molar-refractivity contribution in [2.24, 2.45) is 0 Å². The minimum Gasteiger partial charge on any atom is -0.497 e. The summed E-state index contributed by atoms with van der Waals surface area (Å²) < 4.78 is 5.21. The summed E-state index contributed by atoms with van der Waals surface area (Å²) in [6.07, 6.45) is 5.29. The molecule has 1 aliphatic carbocycles. The zero-order valence-corrected chi connectivity index (χ0v) is 14.8. The van der Waals surface area contributed by atoms with Gasteiger partial charge in [0.15, 0.2) is 5.78 Å². The number of hydrogen-bond donors (Lipinski definition) is 1. The van der Waals surface area contributed by atoms with Crippen LogP contribution in [0.4, 0.5) is 0 Å². The Kier molecular flexibility index (Phi) is 3.36. The minimum atomic E-state index is -0.714. The molecule has 134 valence electrons. The molecule has 0 saturated carbocycles. The first-order valence-electron chi connectivity index (χ1n) is 8.91. The summed E-state index contributed by atoms with van der Waals surface area (Å²) in [6, 6.07) is 15.1. The summed E-state index contributed by atoms with van der Waals surface area (Å²) in [5, 5.41) is 3.30. The van der Waals surface area contributed by atoms with Gasteiger partial charge in [0.25, 0.3) is 5.91 Å². The van der Waals surface area contributed by atoms with Crippen molar-refractivity contribution in [3.8, 4) is 5.75 Å². The van der Waals surface area contributed by atoms with Crippen LogP contribution in [0, 0.1) is 0 Å². The highest BCUT2D eigenvalue weighted by Crippen LogP contribution is 2.49. The number of carbonyl (C=O) groups is 2. The van der Waals surface area contributed by atoms with E-state index < -0.39 is 5.54 Å². The Balaban J connectivity index is 1.45. The molecular formula is C22H18N2O3. The Morgan fingerprint density at radius 2 is 2.11 bits per heavy atom. The van der Waals surface area contributed by atoms with Crippen molar-refractivity contribution < 1.29 is 14.3 Å². The summed E-state index contributed by atoms with van der Waals surface area (Å²) in [7, 11) is 1.61. The number of methoxy groups -OCH3 is 1. The van der Waals surface area contributed by atoms with E-state index in [2.05, 4.69) is 5.32 Å². The standard InChI is InChI=1S/C22H18N2O3/c1-27-16-7-4-5-14(11-16)9-10-20(25)24-13-18-22(23-18)19(24)12-15-6-2-3-8-17(15)21(22)26/h2-12,18,23H,13H2,1H3/b10-9+. The number of rotatable bonds is 3. The maximum absolute atomic E-state index is 13.0. The molecule has 3 aliphatic rings. The molecule has 5 rings (SSSR count). The van der Waals surface area contributed by atoms with Gasteiger partial charge in [-0.1, -0.05) is 36.4 Å². The molecule has 2 heterocycles. The number of amides is 1. The van der Waals surface area contributed by atoms with Crippen molar-refractivity contribution in [2.75, 3.05) is 13.7 Å². The molecule has 5 nitrogen and oxygen atoms in total. The van der Waals surface area contributed by atoms with E-state index in [-0.39, 0.29) is 17.7 Å². The van der Waals surface area contributed by atoms with Gasteiger partial charge in [-0.05, 0) is 35.4 Å². The lowest BCUT2D eigenvalue weighted by molar-refractivity contribution is -0.123. The fourth-order valence-corrected chi connectivity index (χ4v) is 4.09. The van der Waals surface area contributed by atoms with Crippen molar-refractivity contribution in [1.82, 2.24) is 10.2 Å². The SMILES string of the molecule is COc1cccc(/C=C/C(=O)N2CC3NC34C(=O)c3ccccc3C=C24)c1. The molecule has 5 heteroatoms. The summed E-state index contributed by atoms with van der Waals surface area (Å²) in [4.78, 5) is 27.6. The van der Waals surface area contributed by atoms with E-state index in [1.54, 1.807) is 24.2 Å². The predicted molar refractivity (Wildman–Crippen MR) is 102 cm³/mol. The molecule has 1 N–H and O–H groups in total. The van der Waals surface area contributed by atoms with Crippen LogP contribution in [0.1, 0.15) is 21.5 Å². The Hall–Kier alpha value is -3.18. The molecule has 2 aromatic carbocycles. The van der Waals surface area contributed by atoms with Gasteiger partial charge in [-0.3, -0.25) is 14.9 Å². The number of ether oxygens (including phenoxy) is 1. The Labute approximate surface area is 156 Å². The van der Waals surface area contributed by atoms with E-state index >= 15 is 0 Å². The normalized spacial score (nSPS) is 24.9. The monoisotopic (exact) mass is 358 g/mol. The van der Waals surface area contributed by atoms with Crippen LogP contribution < -0.4 is 10.1 Å². The summed E-state index contributed by atoms with van der Waals surface area (Å²) >= 11 is 0. The van der Waals surface area contributed by atoms with Crippen molar-refractivity contribution in [2.45, 2.75) is 11.6 Å². The molecule has 0 aromatic heterocycles. The number of Topliss-reactive ketones (excluding diaryl/α,β-unsaturated/α-hetero) is 1. The van der Waals surface area contributed by atoms with Crippen molar-refractivity contribution >= 4 is 23.8 Å². The van der Waals surface area contributed by atoms with Crippen LogP contribution in [0.5, 0.6) is 5.75 Å². The smallest absolute Gasteiger partial charge is 0.250 e. The Morgan fingerprint density at radius 3 is 2.96 bits per heavy atom. The third-order valence-corrected chi connectivity index (χ3v) is 5.54. The molecule has 2 saturated heterocycles. The predicted octanol–water partition coefficient (Wildman–Crippen LogP) is 2.50. The molecule has 2 atom stereocenters. The van der Waals surface area contributed by atoms with Gasteiger partial charge in [0.1, 0.15) is 11.3 Å².